The van der Waals surface area contributed by atoms with Gasteiger partial charge in [-0.3, -0.25) is 0 Å². The summed E-state index contributed by atoms with van der Waals surface area (Å²) in [6, 6.07) is 16.4. The van der Waals surface area contributed by atoms with Gasteiger partial charge in [0.2, 0.25) is 0 Å². The second-order valence-electron chi connectivity index (χ2n) is 5.64. The lowest BCUT2D eigenvalue weighted by Crippen LogP contribution is -2.33. The van der Waals surface area contributed by atoms with Crippen LogP contribution in [0, 0.1) is 12.8 Å². The van der Waals surface area contributed by atoms with Crippen LogP contribution in [0.4, 0.5) is 0 Å². The fourth-order valence-corrected chi connectivity index (χ4v) is 2.85. The van der Waals surface area contributed by atoms with Crippen molar-refractivity contribution in [2.45, 2.75) is 25.9 Å². The molecule has 2 atom stereocenters. The quantitative estimate of drug-likeness (QED) is 0.926. The first-order valence-electron chi connectivity index (χ1n) is 7.16. The van der Waals surface area contributed by atoms with Crippen molar-refractivity contribution in [1.29, 1.82) is 0 Å². The Morgan fingerprint density at radius 1 is 1.20 bits per heavy atom. The number of benzene rings is 2. The maximum absolute atomic E-state index is 10.5. The number of aliphatic hydroxyl groups is 1. The van der Waals surface area contributed by atoms with Crippen LogP contribution in [0.3, 0.4) is 0 Å². The van der Waals surface area contributed by atoms with E-state index in [9.17, 15) is 5.11 Å². The molecule has 0 amide bonds. The standard InChI is InChI=1S/C18H20O2/c1-13-5-4-6-14(9-13)10-17(19)16-11-15-7-2-3-8-18(15)20-12-16/h2-9,16-17,19H,10-12H2,1H3. The molecule has 0 fully saturated rings. The first kappa shape index (κ1) is 13.2. The van der Waals surface area contributed by atoms with Crippen LogP contribution in [-0.2, 0) is 12.8 Å². The molecule has 0 aromatic heterocycles. The topological polar surface area (TPSA) is 29.5 Å². The van der Waals surface area contributed by atoms with Crippen molar-refractivity contribution in [1.82, 2.24) is 0 Å². The Hall–Kier alpha value is -1.80. The van der Waals surface area contributed by atoms with Crippen molar-refractivity contribution < 1.29 is 9.84 Å². The van der Waals surface area contributed by atoms with Gasteiger partial charge < -0.3 is 9.84 Å². The van der Waals surface area contributed by atoms with E-state index in [0.29, 0.717) is 13.0 Å². The summed E-state index contributed by atoms with van der Waals surface area (Å²) in [5.74, 6) is 1.14. The summed E-state index contributed by atoms with van der Waals surface area (Å²) in [5, 5.41) is 10.5. The highest BCUT2D eigenvalue weighted by molar-refractivity contribution is 5.35. The number of fused-ring (bicyclic) bond motifs is 1. The minimum atomic E-state index is -0.356. The molecule has 0 saturated carbocycles. The maximum atomic E-state index is 10.5. The van der Waals surface area contributed by atoms with Gasteiger partial charge in [0, 0.05) is 5.92 Å². The zero-order valence-electron chi connectivity index (χ0n) is 11.8. The predicted octanol–water partition coefficient (Wildman–Crippen LogP) is 3.15. The first-order valence-corrected chi connectivity index (χ1v) is 7.16. The maximum Gasteiger partial charge on any atom is 0.122 e. The largest absolute Gasteiger partial charge is 0.493 e. The summed E-state index contributed by atoms with van der Waals surface area (Å²) in [6.45, 7) is 2.68. The van der Waals surface area contributed by atoms with E-state index >= 15 is 0 Å². The Morgan fingerprint density at radius 2 is 2.05 bits per heavy atom. The Bertz CT molecular complexity index is 591. The fraction of sp³-hybridized carbons (Fsp3) is 0.333. The molecule has 104 valence electrons. The van der Waals surface area contributed by atoms with Gasteiger partial charge >= 0.3 is 0 Å². The molecule has 0 spiro atoms. The van der Waals surface area contributed by atoms with E-state index in [0.717, 1.165) is 12.2 Å². The first-order chi connectivity index (χ1) is 9.72. The molecule has 2 aromatic rings. The zero-order valence-corrected chi connectivity index (χ0v) is 11.8. The van der Waals surface area contributed by atoms with E-state index in [1.54, 1.807) is 0 Å². The Kier molecular flexibility index (Phi) is 3.75. The van der Waals surface area contributed by atoms with Gasteiger partial charge in [0.15, 0.2) is 0 Å². The van der Waals surface area contributed by atoms with E-state index < -0.39 is 0 Å². The van der Waals surface area contributed by atoms with E-state index in [1.807, 2.05) is 24.3 Å². The van der Waals surface area contributed by atoms with Gasteiger partial charge in [-0.1, -0.05) is 48.0 Å². The summed E-state index contributed by atoms with van der Waals surface area (Å²) < 4.78 is 5.76. The molecule has 1 aliphatic heterocycles. The summed E-state index contributed by atoms with van der Waals surface area (Å²) in [7, 11) is 0. The SMILES string of the molecule is Cc1cccc(CC(O)C2COc3ccccc3C2)c1. The smallest absolute Gasteiger partial charge is 0.122 e. The molecule has 2 aromatic carbocycles. The third-order valence-electron chi connectivity index (χ3n) is 3.98. The predicted molar refractivity (Wildman–Crippen MR) is 80.0 cm³/mol. The molecule has 2 unspecified atom stereocenters. The van der Waals surface area contributed by atoms with Gasteiger partial charge in [-0.05, 0) is 37.0 Å². The Balaban J connectivity index is 1.68. The summed E-state index contributed by atoms with van der Waals surface area (Å²) in [5.41, 5.74) is 3.63. The summed E-state index contributed by atoms with van der Waals surface area (Å²) in [4.78, 5) is 0. The van der Waals surface area contributed by atoms with E-state index in [2.05, 4.69) is 31.2 Å². The molecule has 1 N–H and O–H groups in total. The average Bonchev–Trinajstić information content (AvgIpc) is 2.47. The van der Waals surface area contributed by atoms with Crippen LogP contribution in [0.15, 0.2) is 48.5 Å². The minimum absolute atomic E-state index is 0.172. The second-order valence-corrected chi connectivity index (χ2v) is 5.64. The highest BCUT2D eigenvalue weighted by atomic mass is 16.5. The van der Waals surface area contributed by atoms with Crippen molar-refractivity contribution in [3.63, 3.8) is 0 Å². The lowest BCUT2D eigenvalue weighted by molar-refractivity contribution is 0.0652. The highest BCUT2D eigenvalue weighted by Gasteiger charge is 2.26. The lowest BCUT2D eigenvalue weighted by atomic mass is 9.89. The molecule has 0 bridgehead atoms. The van der Waals surface area contributed by atoms with Gasteiger partial charge in [-0.25, -0.2) is 0 Å². The van der Waals surface area contributed by atoms with Crippen LogP contribution >= 0.6 is 0 Å². The number of ether oxygens (including phenoxy) is 1. The third kappa shape index (κ3) is 2.86. The number of para-hydroxylation sites is 1. The van der Waals surface area contributed by atoms with Crippen LogP contribution in [0.5, 0.6) is 5.75 Å². The molecule has 2 heteroatoms. The van der Waals surface area contributed by atoms with Crippen LogP contribution in [0.1, 0.15) is 16.7 Å². The van der Waals surface area contributed by atoms with E-state index in [1.165, 1.54) is 16.7 Å². The molecule has 20 heavy (non-hydrogen) atoms. The van der Waals surface area contributed by atoms with Crippen LogP contribution in [0.25, 0.3) is 0 Å². The highest BCUT2D eigenvalue weighted by Crippen LogP contribution is 2.29. The van der Waals surface area contributed by atoms with E-state index in [-0.39, 0.29) is 12.0 Å². The third-order valence-corrected chi connectivity index (χ3v) is 3.98. The normalized spacial score (nSPS) is 19.0. The molecular weight excluding hydrogens is 248 g/mol. The average molecular weight is 268 g/mol. The van der Waals surface area contributed by atoms with Crippen LogP contribution in [0.2, 0.25) is 0 Å². The van der Waals surface area contributed by atoms with Gasteiger partial charge in [-0.15, -0.1) is 0 Å². The Morgan fingerprint density at radius 3 is 2.90 bits per heavy atom. The van der Waals surface area contributed by atoms with Crippen molar-refractivity contribution in [2.24, 2.45) is 5.92 Å². The van der Waals surface area contributed by atoms with Crippen molar-refractivity contribution >= 4 is 0 Å². The van der Waals surface area contributed by atoms with Crippen molar-refractivity contribution in [3.05, 3.63) is 65.2 Å². The number of rotatable bonds is 3. The molecule has 3 rings (SSSR count). The van der Waals surface area contributed by atoms with Crippen molar-refractivity contribution in [2.75, 3.05) is 6.61 Å². The van der Waals surface area contributed by atoms with Crippen molar-refractivity contribution in [3.8, 4) is 5.75 Å². The molecule has 0 saturated heterocycles. The van der Waals surface area contributed by atoms with Crippen LogP contribution < -0.4 is 4.74 Å². The monoisotopic (exact) mass is 268 g/mol. The number of aryl methyl sites for hydroxylation is 1. The Labute approximate surface area is 120 Å². The van der Waals surface area contributed by atoms with E-state index in [4.69, 9.17) is 4.74 Å². The summed E-state index contributed by atoms with van der Waals surface area (Å²) >= 11 is 0. The fourth-order valence-electron chi connectivity index (χ4n) is 2.85. The molecule has 1 aliphatic rings. The van der Waals surface area contributed by atoms with Gasteiger partial charge in [-0.2, -0.15) is 0 Å². The number of hydrogen-bond donors (Lipinski definition) is 1. The summed E-state index contributed by atoms with van der Waals surface area (Å²) in [6.07, 6.45) is 1.23. The van der Waals surface area contributed by atoms with Gasteiger partial charge in [0.05, 0.1) is 12.7 Å². The molecule has 0 radical (unpaired) electrons. The minimum Gasteiger partial charge on any atom is -0.493 e. The lowest BCUT2D eigenvalue weighted by Gasteiger charge is -2.29. The molecular formula is C18H20O2. The zero-order chi connectivity index (χ0) is 13.9. The second kappa shape index (κ2) is 5.68. The molecule has 0 aliphatic carbocycles. The molecule has 1 heterocycles. The van der Waals surface area contributed by atoms with Gasteiger partial charge in [0.1, 0.15) is 5.75 Å². The van der Waals surface area contributed by atoms with Gasteiger partial charge in [0.25, 0.3) is 0 Å². The molecule has 2 nitrogen and oxygen atoms in total. The van der Waals surface area contributed by atoms with Crippen LogP contribution in [-0.4, -0.2) is 17.8 Å². The number of aliphatic hydroxyl groups excluding tert-OH is 1. The number of hydrogen-bond acceptors (Lipinski definition) is 2.